The Balaban J connectivity index is 1.40. The third kappa shape index (κ3) is 3.90. The molecule has 2 saturated heterocycles. The first-order valence-corrected chi connectivity index (χ1v) is 11.5. The van der Waals surface area contributed by atoms with E-state index in [0.717, 1.165) is 56.1 Å². The van der Waals surface area contributed by atoms with Crippen LogP contribution in [0.4, 0.5) is 5.69 Å². The summed E-state index contributed by atoms with van der Waals surface area (Å²) in [6.07, 6.45) is 1.12. The molecule has 5 rings (SSSR count). The van der Waals surface area contributed by atoms with Crippen LogP contribution in [0.1, 0.15) is 46.9 Å². The van der Waals surface area contributed by atoms with E-state index in [4.69, 9.17) is 4.74 Å². The number of likely N-dealkylation sites (N-methyl/N-ethyl adjacent to an activating group) is 1. The van der Waals surface area contributed by atoms with E-state index >= 15 is 0 Å². The van der Waals surface area contributed by atoms with Crippen LogP contribution in [0.3, 0.4) is 0 Å². The lowest BCUT2D eigenvalue weighted by molar-refractivity contribution is 0.0664. The SMILES string of the molecule is CCOc1ccc(C2Nc3ccc(C(=O)N4CCN(C)CC4)cc3C3NCCC23)cc1. The number of fused-ring (bicyclic) bond motifs is 3. The Kier molecular flexibility index (Phi) is 5.59. The first-order valence-electron chi connectivity index (χ1n) is 11.5. The van der Waals surface area contributed by atoms with Gasteiger partial charge >= 0.3 is 0 Å². The number of benzene rings is 2. The van der Waals surface area contributed by atoms with Crippen molar-refractivity contribution in [1.82, 2.24) is 15.1 Å². The van der Waals surface area contributed by atoms with Gasteiger partial charge in [0.2, 0.25) is 0 Å². The topological polar surface area (TPSA) is 56.8 Å². The summed E-state index contributed by atoms with van der Waals surface area (Å²) in [4.78, 5) is 17.4. The Labute approximate surface area is 184 Å². The predicted molar refractivity (Wildman–Crippen MR) is 123 cm³/mol. The van der Waals surface area contributed by atoms with Crippen molar-refractivity contribution in [1.29, 1.82) is 0 Å². The van der Waals surface area contributed by atoms with Crippen molar-refractivity contribution in [3.05, 3.63) is 59.2 Å². The maximum Gasteiger partial charge on any atom is 0.253 e. The molecule has 1 amide bonds. The Morgan fingerprint density at radius 1 is 1.06 bits per heavy atom. The summed E-state index contributed by atoms with van der Waals surface area (Å²) in [6.45, 7) is 7.16. The fourth-order valence-corrected chi connectivity index (χ4v) is 5.24. The van der Waals surface area contributed by atoms with E-state index in [9.17, 15) is 4.79 Å². The number of ether oxygens (including phenoxy) is 1. The van der Waals surface area contributed by atoms with Crippen molar-refractivity contribution in [3.8, 4) is 5.75 Å². The van der Waals surface area contributed by atoms with Crippen molar-refractivity contribution >= 4 is 11.6 Å². The van der Waals surface area contributed by atoms with E-state index in [1.54, 1.807) is 0 Å². The average molecular weight is 421 g/mol. The van der Waals surface area contributed by atoms with Gasteiger partial charge in [-0.2, -0.15) is 0 Å². The molecule has 0 bridgehead atoms. The maximum atomic E-state index is 13.1. The Bertz CT molecular complexity index is 937. The second kappa shape index (κ2) is 8.52. The van der Waals surface area contributed by atoms with E-state index < -0.39 is 0 Å². The van der Waals surface area contributed by atoms with Gasteiger partial charge in [0.1, 0.15) is 5.75 Å². The summed E-state index contributed by atoms with van der Waals surface area (Å²) in [7, 11) is 2.11. The van der Waals surface area contributed by atoms with Crippen molar-refractivity contribution < 1.29 is 9.53 Å². The molecule has 2 N–H and O–H groups in total. The normalized spacial score (nSPS) is 25.5. The second-order valence-corrected chi connectivity index (χ2v) is 8.91. The summed E-state index contributed by atoms with van der Waals surface area (Å²) in [5.74, 6) is 1.52. The zero-order valence-corrected chi connectivity index (χ0v) is 18.4. The Morgan fingerprint density at radius 3 is 2.58 bits per heavy atom. The number of piperazine rings is 1. The largest absolute Gasteiger partial charge is 0.494 e. The van der Waals surface area contributed by atoms with Crippen LogP contribution in [0.5, 0.6) is 5.75 Å². The molecular formula is C25H32N4O2. The molecule has 3 aliphatic rings. The first kappa shape index (κ1) is 20.3. The second-order valence-electron chi connectivity index (χ2n) is 8.91. The van der Waals surface area contributed by atoms with Gasteiger partial charge in [0.25, 0.3) is 5.91 Å². The molecule has 0 spiro atoms. The van der Waals surface area contributed by atoms with Gasteiger partial charge < -0.3 is 25.2 Å². The van der Waals surface area contributed by atoms with Gasteiger partial charge in [-0.3, -0.25) is 4.79 Å². The molecule has 2 fully saturated rings. The Hall–Kier alpha value is -2.57. The van der Waals surface area contributed by atoms with Gasteiger partial charge in [-0.25, -0.2) is 0 Å². The lowest BCUT2D eigenvalue weighted by Gasteiger charge is -2.38. The summed E-state index contributed by atoms with van der Waals surface area (Å²) in [6, 6.07) is 15.2. The van der Waals surface area contributed by atoms with Crippen LogP contribution in [0, 0.1) is 5.92 Å². The van der Waals surface area contributed by atoms with Gasteiger partial charge in [-0.1, -0.05) is 12.1 Å². The third-order valence-corrected chi connectivity index (χ3v) is 6.98. The zero-order chi connectivity index (χ0) is 21.4. The number of rotatable bonds is 4. The molecule has 3 atom stereocenters. The molecule has 0 saturated carbocycles. The quantitative estimate of drug-likeness (QED) is 0.795. The molecule has 0 aromatic heterocycles. The molecule has 6 heteroatoms. The first-order chi connectivity index (χ1) is 15.1. The molecule has 2 aromatic rings. The molecule has 0 aliphatic carbocycles. The van der Waals surface area contributed by atoms with Crippen LogP contribution < -0.4 is 15.4 Å². The molecule has 3 unspecified atom stereocenters. The number of hydrogen-bond acceptors (Lipinski definition) is 5. The lowest BCUT2D eigenvalue weighted by Crippen LogP contribution is -2.47. The molecule has 3 heterocycles. The summed E-state index contributed by atoms with van der Waals surface area (Å²) >= 11 is 0. The number of amides is 1. The molecule has 2 aromatic carbocycles. The molecule has 0 radical (unpaired) electrons. The minimum absolute atomic E-state index is 0.152. The molecule has 6 nitrogen and oxygen atoms in total. The number of carbonyl (C=O) groups is 1. The van der Waals surface area contributed by atoms with E-state index in [0.29, 0.717) is 12.5 Å². The summed E-state index contributed by atoms with van der Waals surface area (Å²) < 4.78 is 5.61. The van der Waals surface area contributed by atoms with Crippen molar-refractivity contribution in [2.24, 2.45) is 5.92 Å². The van der Waals surface area contributed by atoms with Gasteiger partial charge in [0, 0.05) is 49.4 Å². The number of nitrogens with zero attached hydrogens (tertiary/aromatic N) is 2. The number of hydrogen-bond donors (Lipinski definition) is 2. The monoisotopic (exact) mass is 420 g/mol. The lowest BCUT2D eigenvalue weighted by atomic mass is 9.80. The fraction of sp³-hybridized carbons (Fsp3) is 0.480. The molecule has 164 valence electrons. The van der Waals surface area contributed by atoms with E-state index in [1.807, 2.05) is 17.9 Å². The van der Waals surface area contributed by atoms with Gasteiger partial charge in [-0.15, -0.1) is 0 Å². The van der Waals surface area contributed by atoms with Crippen LogP contribution in [0.25, 0.3) is 0 Å². The highest BCUT2D eigenvalue weighted by molar-refractivity contribution is 5.95. The standard InChI is InChI=1S/C25H32N4O2/c1-3-31-19-7-4-17(5-8-19)23-20-10-11-26-24(20)21-16-18(6-9-22(21)27-23)25(30)29-14-12-28(2)13-15-29/h4-9,16,20,23-24,26-27H,3,10-15H2,1-2H3. The van der Waals surface area contributed by atoms with Crippen LogP contribution in [0.2, 0.25) is 0 Å². The summed E-state index contributed by atoms with van der Waals surface area (Å²) in [5, 5.41) is 7.48. The van der Waals surface area contributed by atoms with Crippen LogP contribution >= 0.6 is 0 Å². The predicted octanol–water partition coefficient (Wildman–Crippen LogP) is 3.29. The smallest absolute Gasteiger partial charge is 0.253 e. The number of nitrogens with one attached hydrogen (secondary N) is 2. The number of carbonyl (C=O) groups excluding carboxylic acids is 1. The summed E-state index contributed by atoms with van der Waals surface area (Å²) in [5.41, 5.74) is 4.44. The fourth-order valence-electron chi connectivity index (χ4n) is 5.24. The molecule has 3 aliphatic heterocycles. The van der Waals surface area contributed by atoms with Crippen LogP contribution in [-0.2, 0) is 0 Å². The molecule has 31 heavy (non-hydrogen) atoms. The van der Waals surface area contributed by atoms with Crippen molar-refractivity contribution in [2.45, 2.75) is 25.4 Å². The Morgan fingerprint density at radius 2 is 1.84 bits per heavy atom. The van der Waals surface area contributed by atoms with E-state index in [-0.39, 0.29) is 18.0 Å². The van der Waals surface area contributed by atoms with Gasteiger partial charge in [-0.05, 0) is 68.4 Å². The van der Waals surface area contributed by atoms with E-state index in [1.165, 1.54) is 11.1 Å². The van der Waals surface area contributed by atoms with Gasteiger partial charge in [0.15, 0.2) is 0 Å². The minimum atomic E-state index is 0.152. The van der Waals surface area contributed by atoms with Gasteiger partial charge in [0.05, 0.1) is 12.6 Å². The molecular weight excluding hydrogens is 388 g/mol. The highest BCUT2D eigenvalue weighted by atomic mass is 16.5. The maximum absolute atomic E-state index is 13.1. The van der Waals surface area contributed by atoms with Crippen LogP contribution in [-0.4, -0.2) is 62.1 Å². The minimum Gasteiger partial charge on any atom is -0.494 e. The van der Waals surface area contributed by atoms with Crippen molar-refractivity contribution in [2.75, 3.05) is 51.7 Å². The third-order valence-electron chi connectivity index (χ3n) is 6.98. The van der Waals surface area contributed by atoms with Crippen molar-refractivity contribution in [3.63, 3.8) is 0 Å². The zero-order valence-electron chi connectivity index (χ0n) is 18.4. The average Bonchev–Trinajstić information content (AvgIpc) is 3.29. The highest BCUT2D eigenvalue weighted by Crippen LogP contribution is 2.47. The number of anilines is 1. The van der Waals surface area contributed by atoms with E-state index in [2.05, 4.69) is 59.0 Å². The van der Waals surface area contributed by atoms with Crippen LogP contribution in [0.15, 0.2) is 42.5 Å². The highest BCUT2D eigenvalue weighted by Gasteiger charge is 2.40.